The minimum Gasteiger partial charge on any atom is -0.543 e. The Kier molecular flexibility index (Phi) is 8.97. The van der Waals surface area contributed by atoms with Crippen molar-refractivity contribution in [2.75, 3.05) is 17.2 Å². The molecule has 0 saturated carbocycles. The van der Waals surface area contributed by atoms with E-state index in [4.69, 9.17) is 22.1 Å². The number of oxime groups is 1. The van der Waals surface area contributed by atoms with Gasteiger partial charge < -0.3 is 36.6 Å². The molecule has 3 unspecified atom stereocenters. The Morgan fingerprint density at radius 2 is 2.14 bits per heavy atom. The third-order valence-corrected chi connectivity index (χ3v) is 10.4. The van der Waals surface area contributed by atoms with Crippen LogP contribution in [0.25, 0.3) is 0 Å². The van der Waals surface area contributed by atoms with Gasteiger partial charge in [0, 0.05) is 23.3 Å². The number of aliphatic imine (C=N–C) groups is 1. The van der Waals surface area contributed by atoms with Crippen molar-refractivity contribution in [2.24, 2.45) is 21.7 Å². The molecule has 1 aromatic rings. The minimum atomic E-state index is -1.52. The summed E-state index contributed by atoms with van der Waals surface area (Å²) in [5.41, 5.74) is 13.2. The SMILES string of the molecule is CC[C@@H](O/N=C(\C(=O)NC1C(=O)N2C(C(=O)[O-])=C(CSC3N=C(N)C4=C(CCC4)[NH+]3N)CS[C@H]12)c1csc(N)n1)C(=O)O. The highest BCUT2D eigenvalue weighted by molar-refractivity contribution is 8.01. The van der Waals surface area contributed by atoms with E-state index in [1.54, 1.807) is 6.92 Å². The quantitative estimate of drug-likeness (QED) is 0.0617. The van der Waals surface area contributed by atoms with Gasteiger partial charge in [0.25, 0.3) is 17.3 Å². The van der Waals surface area contributed by atoms with E-state index in [-0.39, 0.29) is 40.2 Å². The standard InChI is InChI=1S/C24H29N9O7S3/c1-2-13(21(36)37)40-31-14(11-8-42-23(26)28-11)18(34)29-15-19(35)32-16(22(38)39)9(6-41-20(15)32)7-43-24-30-17(25)10-4-3-5-12(10)33(24)27/h8,13,15,20,24H,2-7,27H2,1H3,(H2,25,30)(H2,26,28)(H,29,34)(H,36,37)(H,38,39)/b31-14-/t13-,15?,20-,24?/m1/s1. The number of nitrogens with zero attached hydrogens (tertiary/aromatic N) is 4. The molecule has 2 amide bonds. The minimum absolute atomic E-state index is 0.0253. The third-order valence-electron chi connectivity index (χ3n) is 7.24. The van der Waals surface area contributed by atoms with Crippen LogP contribution in [0.4, 0.5) is 5.13 Å². The zero-order chi connectivity index (χ0) is 31.0. The van der Waals surface area contributed by atoms with Crippen LogP contribution in [0, 0.1) is 0 Å². The number of carboxylic acid groups (broad SMARTS) is 2. The molecule has 0 spiro atoms. The molecule has 19 heteroatoms. The molecule has 1 fully saturated rings. The van der Waals surface area contributed by atoms with E-state index in [0.717, 1.165) is 46.8 Å². The molecule has 5 rings (SSSR count). The number of β-lactam (4-membered cyclic amide) rings is 1. The second-order valence-electron chi connectivity index (χ2n) is 9.90. The summed E-state index contributed by atoms with van der Waals surface area (Å²) in [6.45, 7) is 1.57. The maximum atomic E-state index is 13.2. The number of carbonyl (C=O) groups excluding carboxylic acids is 3. The first-order chi connectivity index (χ1) is 20.5. The first kappa shape index (κ1) is 30.8. The molecule has 16 nitrogen and oxygen atoms in total. The lowest BCUT2D eigenvalue weighted by atomic mass is 10.0. The van der Waals surface area contributed by atoms with Crippen molar-refractivity contribution < 1.29 is 39.2 Å². The number of fused-ring (bicyclic) bond motifs is 1. The van der Waals surface area contributed by atoms with Crippen LogP contribution in [-0.4, -0.2) is 84.8 Å². The summed E-state index contributed by atoms with van der Waals surface area (Å²) in [5.74, 6) is 2.97. The number of quaternary nitrogens is 1. The van der Waals surface area contributed by atoms with Gasteiger partial charge in [0.05, 0.1) is 17.2 Å². The lowest BCUT2D eigenvalue weighted by Crippen LogP contribution is -3.19. The molecular weight excluding hydrogens is 623 g/mol. The number of aliphatic carboxylic acids is 2. The second-order valence-corrected chi connectivity index (χ2v) is 13.0. The van der Waals surface area contributed by atoms with E-state index in [1.807, 2.05) is 0 Å². The van der Waals surface area contributed by atoms with Crippen LogP contribution in [0.3, 0.4) is 0 Å². The number of aromatic nitrogens is 1. The monoisotopic (exact) mass is 651 g/mol. The zero-order valence-electron chi connectivity index (χ0n) is 22.8. The van der Waals surface area contributed by atoms with Gasteiger partial charge in [0.1, 0.15) is 28.6 Å². The number of rotatable bonds is 11. The maximum Gasteiger partial charge on any atom is 0.347 e. The Morgan fingerprint density at radius 1 is 1.37 bits per heavy atom. The number of thiazole rings is 1. The van der Waals surface area contributed by atoms with Gasteiger partial charge in [-0.25, -0.2) is 14.8 Å². The first-order valence-electron chi connectivity index (χ1n) is 13.2. The Balaban J connectivity index is 1.29. The van der Waals surface area contributed by atoms with Crippen LogP contribution in [0.5, 0.6) is 0 Å². The van der Waals surface area contributed by atoms with Gasteiger partial charge in [-0.05, 0) is 24.8 Å². The van der Waals surface area contributed by atoms with Crippen LogP contribution < -0.4 is 32.7 Å². The molecular formula is C24H29N9O7S3. The smallest absolute Gasteiger partial charge is 0.347 e. The largest absolute Gasteiger partial charge is 0.543 e. The predicted octanol–water partition coefficient (Wildman–Crippen LogP) is -2.70. The Morgan fingerprint density at radius 3 is 2.79 bits per heavy atom. The summed E-state index contributed by atoms with van der Waals surface area (Å²) in [4.78, 5) is 64.7. The van der Waals surface area contributed by atoms with Crippen molar-refractivity contribution in [3.05, 3.63) is 33.6 Å². The Labute approximate surface area is 257 Å². The summed E-state index contributed by atoms with van der Waals surface area (Å²) >= 11 is 3.62. The molecule has 43 heavy (non-hydrogen) atoms. The molecule has 3 aliphatic heterocycles. The molecule has 5 atom stereocenters. The van der Waals surface area contributed by atoms with Crippen molar-refractivity contribution in [3.8, 4) is 0 Å². The predicted molar refractivity (Wildman–Crippen MR) is 157 cm³/mol. The van der Waals surface area contributed by atoms with Crippen molar-refractivity contribution in [1.82, 2.24) is 15.2 Å². The third kappa shape index (κ3) is 5.94. The number of amides is 2. The van der Waals surface area contributed by atoms with Crippen LogP contribution in [0.1, 0.15) is 38.3 Å². The van der Waals surface area contributed by atoms with Gasteiger partial charge in [0.2, 0.25) is 6.10 Å². The van der Waals surface area contributed by atoms with Crippen molar-refractivity contribution in [2.45, 2.75) is 55.6 Å². The van der Waals surface area contributed by atoms with Gasteiger partial charge in [0.15, 0.2) is 10.8 Å². The molecule has 0 aromatic carbocycles. The molecule has 1 aliphatic carbocycles. The van der Waals surface area contributed by atoms with Crippen molar-refractivity contribution in [1.29, 1.82) is 0 Å². The number of nitrogens with one attached hydrogen (secondary N) is 2. The number of amidine groups is 1. The zero-order valence-corrected chi connectivity index (χ0v) is 25.2. The van der Waals surface area contributed by atoms with E-state index in [9.17, 15) is 29.4 Å². The topological polar surface area (TPSA) is 256 Å². The summed E-state index contributed by atoms with van der Waals surface area (Å²) in [6, 6.07) is -1.09. The molecule has 0 bridgehead atoms. The average Bonchev–Trinajstić information content (AvgIpc) is 3.64. The van der Waals surface area contributed by atoms with Gasteiger partial charge in [-0.15, -0.1) is 23.1 Å². The number of carboxylic acids is 2. The van der Waals surface area contributed by atoms with Gasteiger partial charge in [-0.1, -0.05) is 23.8 Å². The van der Waals surface area contributed by atoms with E-state index in [2.05, 4.69) is 20.4 Å². The number of nitrogens with two attached hydrogens (primary N) is 3. The Hall–Kier alpha value is -3.65. The Bertz CT molecular complexity index is 1490. The van der Waals surface area contributed by atoms with E-state index in [1.165, 1.54) is 28.9 Å². The fraction of sp³-hybridized carbons (Fsp3) is 0.458. The van der Waals surface area contributed by atoms with Crippen LogP contribution >= 0.6 is 34.9 Å². The van der Waals surface area contributed by atoms with Crippen LogP contribution in [0.15, 0.2) is 38.1 Å². The number of anilines is 1. The highest BCUT2D eigenvalue weighted by atomic mass is 32.2. The number of carbonyl (C=O) groups is 4. The molecule has 4 heterocycles. The lowest BCUT2D eigenvalue weighted by molar-refractivity contribution is -0.885. The fourth-order valence-electron chi connectivity index (χ4n) is 5.08. The molecule has 9 N–H and O–H groups in total. The van der Waals surface area contributed by atoms with E-state index >= 15 is 0 Å². The van der Waals surface area contributed by atoms with Gasteiger partial charge in [-0.2, -0.15) is 10.8 Å². The first-order valence-corrected chi connectivity index (χ1v) is 16.2. The fourth-order valence-corrected chi connectivity index (χ4v) is 8.21. The van der Waals surface area contributed by atoms with Crippen LogP contribution in [-0.2, 0) is 24.0 Å². The molecule has 230 valence electrons. The number of allylic oxidation sites excluding steroid dienone is 1. The van der Waals surface area contributed by atoms with E-state index in [0.29, 0.717) is 16.4 Å². The molecule has 1 saturated heterocycles. The van der Waals surface area contributed by atoms with E-state index < -0.39 is 46.8 Å². The molecule has 4 aliphatic rings. The molecule has 1 aromatic heterocycles. The van der Waals surface area contributed by atoms with Gasteiger partial charge in [-0.3, -0.25) is 14.5 Å². The summed E-state index contributed by atoms with van der Waals surface area (Å²) in [7, 11) is 0. The highest BCUT2D eigenvalue weighted by Gasteiger charge is 2.53. The number of hydrogen-bond acceptors (Lipinski definition) is 15. The van der Waals surface area contributed by atoms with Crippen molar-refractivity contribution >= 4 is 75.3 Å². The number of thioether (sulfide) groups is 2. The van der Waals surface area contributed by atoms with Crippen LogP contribution in [0.2, 0.25) is 0 Å². The maximum absolute atomic E-state index is 13.2. The number of nitrogen functional groups attached to an aromatic ring is 1. The second kappa shape index (κ2) is 12.5. The summed E-state index contributed by atoms with van der Waals surface area (Å²) in [5, 5.41) is 29.2. The summed E-state index contributed by atoms with van der Waals surface area (Å²) < 4.78 is 0. The summed E-state index contributed by atoms with van der Waals surface area (Å²) in [6.07, 6.45) is 1.36. The lowest BCUT2D eigenvalue weighted by Gasteiger charge is -2.50. The van der Waals surface area contributed by atoms with Gasteiger partial charge >= 0.3 is 5.97 Å². The van der Waals surface area contributed by atoms with Crippen molar-refractivity contribution in [3.63, 3.8) is 0 Å². The normalized spacial score (nSPS) is 25.9. The number of hydrogen-bond donors (Lipinski definition) is 6. The molecule has 0 radical (unpaired) electrons. The highest BCUT2D eigenvalue weighted by Crippen LogP contribution is 2.41. The average molecular weight is 652 g/mol.